The highest BCUT2D eigenvalue weighted by Crippen LogP contribution is 2.37. The Bertz CT molecular complexity index is 171. The van der Waals surface area contributed by atoms with Crippen molar-refractivity contribution < 1.29 is 5.11 Å². The van der Waals surface area contributed by atoms with Gasteiger partial charge in [0.2, 0.25) is 0 Å². The van der Waals surface area contributed by atoms with Crippen LogP contribution in [0, 0.1) is 11.8 Å². The maximum atomic E-state index is 9.71. The Kier molecular flexibility index (Phi) is 2.89. The van der Waals surface area contributed by atoms with E-state index in [2.05, 4.69) is 12.2 Å². The van der Waals surface area contributed by atoms with Crippen molar-refractivity contribution in [3.63, 3.8) is 0 Å². The first-order chi connectivity index (χ1) is 6.27. The van der Waals surface area contributed by atoms with Crippen LogP contribution in [-0.2, 0) is 0 Å². The topological polar surface area (TPSA) is 32.3 Å². The normalized spacial score (nSPS) is 44.8. The second-order valence-corrected chi connectivity index (χ2v) is 4.84. The summed E-state index contributed by atoms with van der Waals surface area (Å²) in [5, 5.41) is 13.2. The number of aliphatic hydroxyl groups is 1. The van der Waals surface area contributed by atoms with Gasteiger partial charge in [-0.2, -0.15) is 0 Å². The summed E-state index contributed by atoms with van der Waals surface area (Å²) in [4.78, 5) is 0. The average molecular weight is 183 g/mol. The molecule has 0 aromatic rings. The monoisotopic (exact) mass is 183 g/mol. The number of rotatable bonds is 3. The van der Waals surface area contributed by atoms with Crippen molar-refractivity contribution in [2.24, 2.45) is 11.8 Å². The van der Waals surface area contributed by atoms with Gasteiger partial charge in [0.15, 0.2) is 0 Å². The summed E-state index contributed by atoms with van der Waals surface area (Å²) in [6.45, 7) is 3.44. The highest BCUT2D eigenvalue weighted by molar-refractivity contribution is 4.87. The lowest BCUT2D eigenvalue weighted by molar-refractivity contribution is 0.0904. The van der Waals surface area contributed by atoms with E-state index in [1.807, 2.05) is 0 Å². The zero-order chi connectivity index (χ0) is 9.26. The maximum Gasteiger partial charge on any atom is 0.0693 e. The minimum atomic E-state index is -0.0807. The van der Waals surface area contributed by atoms with E-state index >= 15 is 0 Å². The smallest absolute Gasteiger partial charge is 0.0693 e. The Morgan fingerprint density at radius 2 is 2.00 bits per heavy atom. The Morgan fingerprint density at radius 1 is 1.31 bits per heavy atom. The Morgan fingerprint density at radius 3 is 2.62 bits per heavy atom. The van der Waals surface area contributed by atoms with Gasteiger partial charge in [0.1, 0.15) is 0 Å². The minimum Gasteiger partial charge on any atom is -0.392 e. The fourth-order valence-corrected chi connectivity index (χ4v) is 2.34. The zero-order valence-electron chi connectivity index (χ0n) is 8.50. The van der Waals surface area contributed by atoms with Gasteiger partial charge in [0.05, 0.1) is 6.10 Å². The van der Waals surface area contributed by atoms with Crippen molar-refractivity contribution in [3.05, 3.63) is 0 Å². The fraction of sp³-hybridized carbons (Fsp3) is 1.00. The largest absolute Gasteiger partial charge is 0.392 e. The maximum absolute atomic E-state index is 9.71. The van der Waals surface area contributed by atoms with Gasteiger partial charge >= 0.3 is 0 Å². The van der Waals surface area contributed by atoms with Gasteiger partial charge in [-0.25, -0.2) is 0 Å². The first-order valence-electron chi connectivity index (χ1n) is 5.69. The van der Waals surface area contributed by atoms with Gasteiger partial charge in [-0.3, -0.25) is 0 Å². The van der Waals surface area contributed by atoms with Crippen LogP contribution in [-0.4, -0.2) is 23.8 Å². The second kappa shape index (κ2) is 3.97. The summed E-state index contributed by atoms with van der Waals surface area (Å²) >= 11 is 0. The molecular formula is C11H21NO. The van der Waals surface area contributed by atoms with E-state index in [0.29, 0.717) is 6.04 Å². The number of nitrogens with one attached hydrogen (secondary N) is 1. The molecule has 0 radical (unpaired) electrons. The van der Waals surface area contributed by atoms with E-state index in [9.17, 15) is 5.11 Å². The molecule has 2 heteroatoms. The van der Waals surface area contributed by atoms with Gasteiger partial charge in [-0.15, -0.1) is 0 Å². The number of hydrogen-bond acceptors (Lipinski definition) is 2. The summed E-state index contributed by atoms with van der Waals surface area (Å²) in [6, 6.07) is 0.390. The third kappa shape index (κ3) is 2.44. The van der Waals surface area contributed by atoms with Gasteiger partial charge in [0, 0.05) is 6.04 Å². The van der Waals surface area contributed by atoms with E-state index in [1.54, 1.807) is 0 Å². The summed E-state index contributed by atoms with van der Waals surface area (Å²) in [5.74, 6) is 1.82. The van der Waals surface area contributed by atoms with E-state index in [1.165, 1.54) is 25.7 Å². The third-order valence-electron chi connectivity index (χ3n) is 3.65. The van der Waals surface area contributed by atoms with Crippen molar-refractivity contribution in [2.45, 2.75) is 51.2 Å². The lowest BCUT2D eigenvalue weighted by Gasteiger charge is -2.28. The van der Waals surface area contributed by atoms with Crippen LogP contribution in [0.4, 0.5) is 0 Å². The molecule has 13 heavy (non-hydrogen) atoms. The van der Waals surface area contributed by atoms with Crippen LogP contribution in [0.25, 0.3) is 0 Å². The molecule has 0 aliphatic heterocycles. The van der Waals surface area contributed by atoms with E-state index in [0.717, 1.165) is 24.8 Å². The van der Waals surface area contributed by atoms with Crippen molar-refractivity contribution in [3.8, 4) is 0 Å². The predicted molar refractivity (Wildman–Crippen MR) is 53.5 cm³/mol. The van der Waals surface area contributed by atoms with Crippen molar-refractivity contribution in [1.29, 1.82) is 0 Å². The lowest BCUT2D eigenvalue weighted by atomic mass is 9.92. The molecule has 0 spiro atoms. The van der Waals surface area contributed by atoms with Crippen molar-refractivity contribution in [2.75, 3.05) is 6.54 Å². The molecule has 2 nitrogen and oxygen atoms in total. The third-order valence-corrected chi connectivity index (χ3v) is 3.65. The molecule has 2 N–H and O–H groups in total. The zero-order valence-corrected chi connectivity index (χ0v) is 8.50. The van der Waals surface area contributed by atoms with Crippen LogP contribution >= 0.6 is 0 Å². The van der Waals surface area contributed by atoms with Gasteiger partial charge in [0.25, 0.3) is 0 Å². The van der Waals surface area contributed by atoms with Crippen LogP contribution < -0.4 is 5.32 Å². The quantitative estimate of drug-likeness (QED) is 0.695. The van der Waals surface area contributed by atoms with Crippen molar-refractivity contribution >= 4 is 0 Å². The lowest BCUT2D eigenvalue weighted by Crippen LogP contribution is -2.42. The summed E-state index contributed by atoms with van der Waals surface area (Å²) in [5.41, 5.74) is 0. The SMILES string of the molecule is CC1CC1CN[C@@H]1CCCC[C@H]1O. The standard InChI is InChI=1S/C11H21NO/c1-8-6-9(8)7-12-10-4-2-3-5-11(10)13/h8-13H,2-7H2,1H3/t8?,9?,10-,11-/m1/s1. The Balaban J connectivity index is 1.67. The molecule has 0 aromatic heterocycles. The van der Waals surface area contributed by atoms with Gasteiger partial charge in [-0.05, 0) is 37.6 Å². The summed E-state index contributed by atoms with van der Waals surface area (Å²) < 4.78 is 0. The van der Waals surface area contributed by atoms with Crippen LogP contribution in [0.5, 0.6) is 0 Å². The highest BCUT2D eigenvalue weighted by atomic mass is 16.3. The molecule has 0 amide bonds. The minimum absolute atomic E-state index is 0.0807. The average Bonchev–Trinajstić information content (AvgIpc) is 2.81. The Labute approximate surface area is 80.7 Å². The highest BCUT2D eigenvalue weighted by Gasteiger charge is 2.33. The number of hydrogen-bond donors (Lipinski definition) is 2. The molecule has 0 bridgehead atoms. The Hall–Kier alpha value is -0.0800. The van der Waals surface area contributed by atoms with Crippen LogP contribution in [0.15, 0.2) is 0 Å². The molecular weight excluding hydrogens is 162 g/mol. The molecule has 2 aliphatic carbocycles. The predicted octanol–water partition coefficient (Wildman–Crippen LogP) is 1.54. The molecule has 2 aliphatic rings. The van der Waals surface area contributed by atoms with Gasteiger partial charge in [-0.1, -0.05) is 19.8 Å². The van der Waals surface area contributed by atoms with Crippen LogP contribution in [0.3, 0.4) is 0 Å². The molecule has 2 unspecified atom stereocenters. The number of aliphatic hydroxyl groups excluding tert-OH is 1. The molecule has 4 atom stereocenters. The molecule has 76 valence electrons. The molecule has 0 saturated heterocycles. The van der Waals surface area contributed by atoms with E-state index in [4.69, 9.17) is 0 Å². The molecule has 0 heterocycles. The van der Waals surface area contributed by atoms with Gasteiger partial charge < -0.3 is 10.4 Å². The van der Waals surface area contributed by atoms with Crippen molar-refractivity contribution in [1.82, 2.24) is 5.32 Å². The molecule has 0 aromatic carbocycles. The molecule has 2 rings (SSSR count). The fourth-order valence-electron chi connectivity index (χ4n) is 2.34. The first kappa shape index (κ1) is 9.47. The van der Waals surface area contributed by atoms with E-state index in [-0.39, 0.29) is 6.10 Å². The molecule has 2 fully saturated rings. The first-order valence-corrected chi connectivity index (χ1v) is 5.69. The summed E-state index contributed by atoms with van der Waals surface area (Å²) in [7, 11) is 0. The van der Waals surface area contributed by atoms with E-state index < -0.39 is 0 Å². The van der Waals surface area contributed by atoms with Crippen LogP contribution in [0.2, 0.25) is 0 Å². The summed E-state index contributed by atoms with van der Waals surface area (Å²) in [6.07, 6.45) is 5.96. The van der Waals surface area contributed by atoms with Crippen LogP contribution in [0.1, 0.15) is 39.0 Å². The molecule has 2 saturated carbocycles. The second-order valence-electron chi connectivity index (χ2n) is 4.84.